The van der Waals surface area contributed by atoms with Gasteiger partial charge in [0.05, 0.1) is 22.5 Å². The van der Waals surface area contributed by atoms with Crippen LogP contribution in [0.3, 0.4) is 0 Å². The molecule has 0 aliphatic heterocycles. The van der Waals surface area contributed by atoms with Crippen molar-refractivity contribution in [1.82, 2.24) is 20.1 Å². The highest BCUT2D eigenvalue weighted by atomic mass is 32.1. The molecule has 1 amide bonds. The van der Waals surface area contributed by atoms with E-state index in [1.165, 1.54) is 29.8 Å². The van der Waals surface area contributed by atoms with Crippen LogP contribution in [0, 0.1) is 0 Å². The van der Waals surface area contributed by atoms with Gasteiger partial charge in [-0.05, 0) is 25.7 Å². The van der Waals surface area contributed by atoms with Crippen LogP contribution in [-0.2, 0) is 26.3 Å². The van der Waals surface area contributed by atoms with Crippen LogP contribution in [-0.4, -0.2) is 27.2 Å². The standard InChI is InChI=1S/C14H18N4OS/c1-18-9-10(8-16-18)14(19)15-7-6-13-17-11-4-2-3-5-12(11)20-13/h8-9H,2-7H2,1H3,(H,15,19). The van der Waals surface area contributed by atoms with Crippen LogP contribution in [0.4, 0.5) is 0 Å². The summed E-state index contributed by atoms with van der Waals surface area (Å²) in [5, 5.41) is 8.05. The Balaban J connectivity index is 1.52. The summed E-state index contributed by atoms with van der Waals surface area (Å²) in [7, 11) is 1.80. The maximum atomic E-state index is 11.9. The van der Waals surface area contributed by atoms with Gasteiger partial charge < -0.3 is 5.32 Å². The Morgan fingerprint density at radius 3 is 3.05 bits per heavy atom. The molecule has 2 aromatic heterocycles. The highest BCUT2D eigenvalue weighted by molar-refractivity contribution is 7.11. The van der Waals surface area contributed by atoms with Crippen molar-refractivity contribution in [3.8, 4) is 0 Å². The van der Waals surface area contributed by atoms with E-state index in [-0.39, 0.29) is 5.91 Å². The number of thiazole rings is 1. The first-order chi connectivity index (χ1) is 9.72. The molecule has 1 aliphatic carbocycles. The molecule has 0 bridgehead atoms. The van der Waals surface area contributed by atoms with Crippen molar-refractivity contribution in [2.24, 2.45) is 7.05 Å². The Morgan fingerprint density at radius 2 is 2.30 bits per heavy atom. The Bertz CT molecular complexity index is 593. The monoisotopic (exact) mass is 290 g/mol. The number of nitrogens with zero attached hydrogens (tertiary/aromatic N) is 3. The number of amides is 1. The lowest BCUT2D eigenvalue weighted by Gasteiger charge is -2.06. The SMILES string of the molecule is Cn1cc(C(=O)NCCc2nc3c(s2)CCCC3)cn1. The highest BCUT2D eigenvalue weighted by Crippen LogP contribution is 2.26. The lowest BCUT2D eigenvalue weighted by Crippen LogP contribution is -2.25. The predicted molar refractivity (Wildman–Crippen MR) is 78.0 cm³/mol. The Labute approximate surface area is 122 Å². The average molecular weight is 290 g/mol. The molecule has 0 atom stereocenters. The molecule has 0 radical (unpaired) electrons. The van der Waals surface area contributed by atoms with Gasteiger partial charge in [0, 0.05) is 31.1 Å². The van der Waals surface area contributed by atoms with Gasteiger partial charge in [0.1, 0.15) is 0 Å². The minimum atomic E-state index is -0.0700. The zero-order valence-corrected chi connectivity index (χ0v) is 12.4. The molecule has 2 heterocycles. The van der Waals surface area contributed by atoms with Gasteiger partial charge in [-0.25, -0.2) is 4.98 Å². The van der Waals surface area contributed by atoms with Gasteiger partial charge in [-0.2, -0.15) is 5.10 Å². The third-order valence-electron chi connectivity index (χ3n) is 3.48. The summed E-state index contributed by atoms with van der Waals surface area (Å²) in [6.45, 7) is 0.625. The first-order valence-corrected chi connectivity index (χ1v) is 7.78. The van der Waals surface area contributed by atoms with Crippen LogP contribution in [0.2, 0.25) is 0 Å². The lowest BCUT2D eigenvalue weighted by atomic mass is 10.0. The van der Waals surface area contributed by atoms with E-state index < -0.39 is 0 Å². The summed E-state index contributed by atoms with van der Waals surface area (Å²) in [4.78, 5) is 18.0. The fourth-order valence-corrected chi connectivity index (χ4v) is 3.59. The molecule has 3 rings (SSSR count). The number of hydrogen-bond acceptors (Lipinski definition) is 4. The Kier molecular flexibility index (Phi) is 3.82. The fraction of sp³-hybridized carbons (Fsp3) is 0.500. The van der Waals surface area contributed by atoms with E-state index in [1.807, 2.05) is 11.3 Å². The normalized spacial score (nSPS) is 14.1. The second-order valence-electron chi connectivity index (χ2n) is 5.09. The summed E-state index contributed by atoms with van der Waals surface area (Å²) in [6, 6.07) is 0. The highest BCUT2D eigenvalue weighted by Gasteiger charge is 2.15. The summed E-state index contributed by atoms with van der Waals surface area (Å²) >= 11 is 1.81. The molecule has 0 unspecified atom stereocenters. The number of hydrogen-bond donors (Lipinski definition) is 1. The molecule has 2 aromatic rings. The van der Waals surface area contributed by atoms with Gasteiger partial charge in [-0.1, -0.05) is 0 Å². The number of fused-ring (bicyclic) bond motifs is 1. The van der Waals surface area contributed by atoms with Crippen molar-refractivity contribution in [2.75, 3.05) is 6.54 Å². The molecule has 0 spiro atoms. The zero-order chi connectivity index (χ0) is 13.9. The number of rotatable bonds is 4. The van der Waals surface area contributed by atoms with E-state index in [4.69, 9.17) is 0 Å². The summed E-state index contributed by atoms with van der Waals surface area (Å²) in [6.07, 6.45) is 8.95. The van der Waals surface area contributed by atoms with Crippen LogP contribution in [0.5, 0.6) is 0 Å². The summed E-state index contributed by atoms with van der Waals surface area (Å²) in [5.41, 5.74) is 1.89. The summed E-state index contributed by atoms with van der Waals surface area (Å²) < 4.78 is 1.63. The van der Waals surface area contributed by atoms with Crippen LogP contribution < -0.4 is 5.32 Å². The average Bonchev–Trinajstić information content (AvgIpc) is 3.04. The van der Waals surface area contributed by atoms with Crippen molar-refractivity contribution in [3.63, 3.8) is 0 Å². The van der Waals surface area contributed by atoms with Crippen molar-refractivity contribution >= 4 is 17.2 Å². The predicted octanol–water partition coefficient (Wildman–Crippen LogP) is 1.73. The summed E-state index contributed by atoms with van der Waals surface area (Å²) in [5.74, 6) is -0.0700. The molecule has 0 fully saturated rings. The van der Waals surface area contributed by atoms with Crippen LogP contribution in [0.1, 0.15) is 38.8 Å². The Hall–Kier alpha value is -1.69. The third kappa shape index (κ3) is 2.90. The molecule has 1 N–H and O–H groups in total. The number of carbonyl (C=O) groups is 1. The first kappa shape index (κ1) is 13.3. The third-order valence-corrected chi connectivity index (χ3v) is 4.70. The second kappa shape index (κ2) is 5.75. The molecular weight excluding hydrogens is 272 g/mol. The van der Waals surface area contributed by atoms with Gasteiger partial charge in [0.25, 0.3) is 5.91 Å². The molecule has 1 aliphatic rings. The van der Waals surface area contributed by atoms with Crippen LogP contribution >= 0.6 is 11.3 Å². The molecule has 6 heteroatoms. The van der Waals surface area contributed by atoms with Crippen molar-refractivity contribution in [2.45, 2.75) is 32.1 Å². The van der Waals surface area contributed by atoms with Gasteiger partial charge in [-0.3, -0.25) is 9.48 Å². The van der Waals surface area contributed by atoms with E-state index in [0.29, 0.717) is 12.1 Å². The Morgan fingerprint density at radius 1 is 1.45 bits per heavy atom. The zero-order valence-electron chi connectivity index (χ0n) is 11.6. The minimum Gasteiger partial charge on any atom is -0.352 e. The maximum absolute atomic E-state index is 11.9. The molecule has 106 valence electrons. The number of aryl methyl sites for hydroxylation is 3. The van der Waals surface area contributed by atoms with E-state index in [9.17, 15) is 4.79 Å². The lowest BCUT2D eigenvalue weighted by molar-refractivity contribution is 0.0954. The van der Waals surface area contributed by atoms with E-state index in [0.717, 1.165) is 17.8 Å². The largest absolute Gasteiger partial charge is 0.352 e. The van der Waals surface area contributed by atoms with Crippen LogP contribution in [0.25, 0.3) is 0 Å². The smallest absolute Gasteiger partial charge is 0.254 e. The van der Waals surface area contributed by atoms with Crippen molar-refractivity contribution in [1.29, 1.82) is 0 Å². The second-order valence-corrected chi connectivity index (χ2v) is 6.26. The maximum Gasteiger partial charge on any atom is 0.254 e. The number of carbonyl (C=O) groups excluding carboxylic acids is 1. The van der Waals surface area contributed by atoms with Crippen LogP contribution in [0.15, 0.2) is 12.4 Å². The van der Waals surface area contributed by atoms with Gasteiger partial charge >= 0.3 is 0 Å². The number of nitrogens with one attached hydrogen (secondary N) is 1. The molecule has 20 heavy (non-hydrogen) atoms. The quantitative estimate of drug-likeness (QED) is 0.933. The van der Waals surface area contributed by atoms with E-state index in [2.05, 4.69) is 15.4 Å². The van der Waals surface area contributed by atoms with Gasteiger partial charge in [0.15, 0.2) is 0 Å². The molecular formula is C14H18N4OS. The minimum absolute atomic E-state index is 0.0700. The van der Waals surface area contributed by atoms with Gasteiger partial charge in [-0.15, -0.1) is 11.3 Å². The molecule has 0 aromatic carbocycles. The van der Waals surface area contributed by atoms with Crippen molar-refractivity contribution < 1.29 is 4.79 Å². The number of aromatic nitrogens is 3. The topological polar surface area (TPSA) is 59.8 Å². The molecule has 0 saturated carbocycles. The molecule has 5 nitrogen and oxygen atoms in total. The van der Waals surface area contributed by atoms with Crippen molar-refractivity contribution in [3.05, 3.63) is 33.5 Å². The first-order valence-electron chi connectivity index (χ1n) is 6.96. The van der Waals surface area contributed by atoms with E-state index >= 15 is 0 Å². The molecule has 0 saturated heterocycles. The van der Waals surface area contributed by atoms with E-state index in [1.54, 1.807) is 24.1 Å². The fourth-order valence-electron chi connectivity index (χ4n) is 2.44. The van der Waals surface area contributed by atoms with Gasteiger partial charge in [0.2, 0.25) is 0 Å².